The summed E-state index contributed by atoms with van der Waals surface area (Å²) in [6, 6.07) is 0. The van der Waals surface area contributed by atoms with E-state index in [1.807, 2.05) is 6.20 Å². The summed E-state index contributed by atoms with van der Waals surface area (Å²) in [6.45, 7) is 17.4. The van der Waals surface area contributed by atoms with Gasteiger partial charge in [-0.15, -0.1) is 0 Å². The number of rotatable bonds is 4. The van der Waals surface area contributed by atoms with Gasteiger partial charge in [0.1, 0.15) is 5.82 Å². The molecule has 0 fully saturated rings. The van der Waals surface area contributed by atoms with Crippen LogP contribution >= 0.6 is 0 Å². The van der Waals surface area contributed by atoms with Crippen molar-refractivity contribution in [3.63, 3.8) is 0 Å². The summed E-state index contributed by atoms with van der Waals surface area (Å²) in [4.78, 5) is 4.44. The third-order valence-corrected chi connectivity index (χ3v) is 3.02. The quantitative estimate of drug-likeness (QED) is 0.887. The van der Waals surface area contributed by atoms with Crippen LogP contribution in [-0.2, 0) is 13.1 Å². The number of aryl methyl sites for hydroxylation is 1. The van der Waals surface area contributed by atoms with Crippen molar-refractivity contribution in [3.05, 3.63) is 17.7 Å². The van der Waals surface area contributed by atoms with Crippen molar-refractivity contribution in [2.75, 3.05) is 0 Å². The molecule has 0 amide bonds. The molecule has 1 heterocycles. The third kappa shape index (κ3) is 5.21. The van der Waals surface area contributed by atoms with Crippen LogP contribution in [0.3, 0.4) is 0 Å². The van der Waals surface area contributed by atoms with E-state index in [1.54, 1.807) is 0 Å². The summed E-state index contributed by atoms with van der Waals surface area (Å²) in [5.74, 6) is 1.12. The fourth-order valence-corrected chi connectivity index (χ4v) is 1.76. The topological polar surface area (TPSA) is 29.9 Å². The fraction of sp³-hybridized carbons (Fsp3) is 0.800. The van der Waals surface area contributed by atoms with E-state index in [0.717, 1.165) is 18.9 Å². The summed E-state index contributed by atoms with van der Waals surface area (Å²) < 4.78 is 2.34. The number of aromatic nitrogens is 2. The highest BCUT2D eigenvalue weighted by Crippen LogP contribution is 2.20. The first-order valence-corrected chi connectivity index (χ1v) is 6.84. The molecule has 1 aromatic heterocycles. The molecular weight excluding hydrogens is 222 g/mol. The predicted octanol–water partition coefficient (Wildman–Crippen LogP) is 3.52. The molecule has 1 N–H and O–H groups in total. The first-order valence-electron chi connectivity index (χ1n) is 6.84. The maximum absolute atomic E-state index is 4.44. The van der Waals surface area contributed by atoms with Gasteiger partial charge in [-0.1, -0.05) is 20.8 Å². The summed E-state index contributed by atoms with van der Waals surface area (Å²) in [5, 5.41) is 3.53. The lowest BCUT2D eigenvalue weighted by Crippen LogP contribution is -2.35. The minimum absolute atomic E-state index is 0.146. The molecule has 104 valence electrons. The van der Waals surface area contributed by atoms with Crippen LogP contribution in [0.2, 0.25) is 0 Å². The zero-order chi connectivity index (χ0) is 14.0. The van der Waals surface area contributed by atoms with Crippen molar-refractivity contribution in [1.29, 1.82) is 0 Å². The molecule has 0 atom stereocenters. The van der Waals surface area contributed by atoms with Gasteiger partial charge in [-0.05, 0) is 39.5 Å². The maximum atomic E-state index is 4.44. The molecule has 3 nitrogen and oxygen atoms in total. The Morgan fingerprint density at radius 1 is 1.17 bits per heavy atom. The van der Waals surface area contributed by atoms with Crippen LogP contribution in [0.4, 0.5) is 0 Å². The van der Waals surface area contributed by atoms with Crippen molar-refractivity contribution < 1.29 is 0 Å². The predicted molar refractivity (Wildman–Crippen MR) is 77.6 cm³/mol. The Balaban J connectivity index is 2.69. The molecule has 0 aliphatic carbocycles. The van der Waals surface area contributed by atoms with Crippen LogP contribution in [0, 0.1) is 12.3 Å². The van der Waals surface area contributed by atoms with Crippen molar-refractivity contribution in [3.8, 4) is 0 Å². The van der Waals surface area contributed by atoms with E-state index in [1.165, 1.54) is 12.1 Å². The smallest absolute Gasteiger partial charge is 0.105 e. The van der Waals surface area contributed by atoms with Gasteiger partial charge in [0.05, 0.1) is 5.69 Å². The zero-order valence-electron chi connectivity index (χ0n) is 13.1. The molecule has 0 aromatic carbocycles. The Bertz CT molecular complexity index is 377. The number of hydrogen-bond donors (Lipinski definition) is 1. The van der Waals surface area contributed by atoms with Gasteiger partial charge < -0.3 is 9.88 Å². The maximum Gasteiger partial charge on any atom is 0.105 e. The lowest BCUT2D eigenvalue weighted by Gasteiger charge is -2.23. The molecule has 0 aliphatic heterocycles. The lowest BCUT2D eigenvalue weighted by atomic mass is 9.92. The standard InChI is InChI=1S/C15H29N3/c1-12-16-10-13(11-17-15(5,6)7)18(12)9-8-14(2,3)4/h10,17H,8-9,11H2,1-7H3. The van der Waals surface area contributed by atoms with E-state index in [4.69, 9.17) is 0 Å². The van der Waals surface area contributed by atoms with E-state index >= 15 is 0 Å². The highest BCUT2D eigenvalue weighted by atomic mass is 15.1. The second-order valence-electron chi connectivity index (χ2n) is 7.36. The summed E-state index contributed by atoms with van der Waals surface area (Å²) >= 11 is 0. The van der Waals surface area contributed by atoms with Crippen LogP contribution in [-0.4, -0.2) is 15.1 Å². The van der Waals surface area contributed by atoms with Crippen LogP contribution in [0.1, 0.15) is 59.5 Å². The fourth-order valence-electron chi connectivity index (χ4n) is 1.76. The van der Waals surface area contributed by atoms with Gasteiger partial charge in [-0.3, -0.25) is 0 Å². The van der Waals surface area contributed by atoms with Crippen LogP contribution in [0.25, 0.3) is 0 Å². The van der Waals surface area contributed by atoms with Gasteiger partial charge in [-0.2, -0.15) is 0 Å². The Labute approximate surface area is 112 Å². The van der Waals surface area contributed by atoms with Crippen molar-refractivity contribution >= 4 is 0 Å². The lowest BCUT2D eigenvalue weighted by molar-refractivity contribution is 0.342. The number of nitrogens with one attached hydrogen (secondary N) is 1. The molecule has 0 radical (unpaired) electrons. The summed E-state index contributed by atoms with van der Waals surface area (Å²) in [6.07, 6.45) is 3.17. The minimum atomic E-state index is 0.146. The SMILES string of the molecule is Cc1ncc(CNC(C)(C)C)n1CCC(C)(C)C. The minimum Gasteiger partial charge on any atom is -0.331 e. The van der Waals surface area contributed by atoms with E-state index in [9.17, 15) is 0 Å². The van der Waals surface area contributed by atoms with E-state index < -0.39 is 0 Å². The molecule has 3 heteroatoms. The molecule has 0 unspecified atom stereocenters. The van der Waals surface area contributed by atoms with Crippen molar-refractivity contribution in [2.24, 2.45) is 5.41 Å². The molecule has 0 spiro atoms. The average molecular weight is 251 g/mol. The Morgan fingerprint density at radius 3 is 2.28 bits per heavy atom. The average Bonchev–Trinajstić information content (AvgIpc) is 2.51. The van der Waals surface area contributed by atoms with E-state index in [2.05, 4.69) is 63.3 Å². The van der Waals surface area contributed by atoms with Gasteiger partial charge in [0, 0.05) is 24.8 Å². The second kappa shape index (κ2) is 5.43. The largest absolute Gasteiger partial charge is 0.331 e. The molecule has 1 aromatic rings. The first kappa shape index (κ1) is 15.2. The van der Waals surface area contributed by atoms with Crippen LogP contribution in [0.15, 0.2) is 6.20 Å². The van der Waals surface area contributed by atoms with Crippen LogP contribution < -0.4 is 5.32 Å². The van der Waals surface area contributed by atoms with E-state index in [0.29, 0.717) is 5.41 Å². The number of nitrogens with zero attached hydrogens (tertiary/aromatic N) is 2. The Kier molecular flexibility index (Phi) is 4.60. The highest BCUT2D eigenvalue weighted by Gasteiger charge is 2.15. The van der Waals surface area contributed by atoms with Gasteiger partial charge in [0.2, 0.25) is 0 Å². The highest BCUT2D eigenvalue weighted by molar-refractivity contribution is 5.05. The van der Waals surface area contributed by atoms with Gasteiger partial charge in [0.25, 0.3) is 0 Å². The van der Waals surface area contributed by atoms with E-state index in [-0.39, 0.29) is 5.54 Å². The van der Waals surface area contributed by atoms with Crippen molar-refractivity contribution in [1.82, 2.24) is 14.9 Å². The van der Waals surface area contributed by atoms with Gasteiger partial charge in [0.15, 0.2) is 0 Å². The summed E-state index contributed by atoms with van der Waals surface area (Å²) in [5.41, 5.74) is 1.80. The Morgan fingerprint density at radius 2 is 1.78 bits per heavy atom. The summed E-state index contributed by atoms with van der Waals surface area (Å²) in [7, 11) is 0. The monoisotopic (exact) mass is 251 g/mol. The van der Waals surface area contributed by atoms with Gasteiger partial charge in [-0.25, -0.2) is 4.98 Å². The Hall–Kier alpha value is -0.830. The second-order valence-corrected chi connectivity index (χ2v) is 7.36. The first-order chi connectivity index (χ1) is 8.08. The zero-order valence-corrected chi connectivity index (χ0v) is 13.1. The molecule has 0 saturated heterocycles. The third-order valence-electron chi connectivity index (χ3n) is 3.02. The molecule has 0 bridgehead atoms. The van der Waals surface area contributed by atoms with Crippen LogP contribution in [0.5, 0.6) is 0 Å². The molecule has 0 saturated carbocycles. The van der Waals surface area contributed by atoms with Gasteiger partial charge >= 0.3 is 0 Å². The van der Waals surface area contributed by atoms with Crippen molar-refractivity contribution in [2.45, 2.75) is 73.5 Å². The molecule has 0 aliphatic rings. The molecule has 1 rings (SSSR count). The molecule has 18 heavy (non-hydrogen) atoms. The normalized spacial score (nSPS) is 13.1. The number of hydrogen-bond acceptors (Lipinski definition) is 2. The molecular formula is C15H29N3. The number of imidazole rings is 1.